The van der Waals surface area contributed by atoms with E-state index in [1.54, 1.807) is 19.3 Å². The molecule has 5 rings (SSSR count). The Morgan fingerprint density at radius 2 is 1.58 bits per heavy atom. The van der Waals surface area contributed by atoms with Gasteiger partial charge in [-0.05, 0) is 36.2 Å². The number of rotatable bonds is 5. The van der Waals surface area contributed by atoms with Gasteiger partial charge in [0, 0.05) is 34.4 Å². The van der Waals surface area contributed by atoms with Crippen LogP contribution >= 0.6 is 23.2 Å². The summed E-state index contributed by atoms with van der Waals surface area (Å²) in [6, 6.07) is 11.8. The number of carbonyl (C=O) groups is 1. The molecule has 1 aliphatic rings. The molecule has 1 amide bonds. The van der Waals surface area contributed by atoms with Crippen LogP contribution in [-0.4, -0.2) is 38.4 Å². The monoisotopic (exact) mass is 544 g/mol. The summed E-state index contributed by atoms with van der Waals surface area (Å²) >= 11 is 12.3. The van der Waals surface area contributed by atoms with Gasteiger partial charge in [-0.15, -0.1) is 0 Å². The summed E-state index contributed by atoms with van der Waals surface area (Å²) in [5, 5.41) is 0.0723. The number of nitrogens with two attached hydrogens (primary N) is 1. The van der Waals surface area contributed by atoms with Crippen LogP contribution in [0, 0.1) is 0 Å². The van der Waals surface area contributed by atoms with Crippen LogP contribution in [0.5, 0.6) is 0 Å². The molecule has 2 aromatic heterocycles. The Balaban J connectivity index is 1.58. The van der Waals surface area contributed by atoms with Crippen LogP contribution in [0.3, 0.4) is 0 Å². The van der Waals surface area contributed by atoms with E-state index >= 15 is 0 Å². The number of aromatic nitrogens is 4. The number of halogens is 2. The number of fused-ring (bicyclic) bond motifs is 1. The maximum atomic E-state index is 13.8. The number of hydrogen-bond acceptors (Lipinski definition) is 7. The lowest BCUT2D eigenvalue weighted by molar-refractivity contribution is -0.124. The third kappa shape index (κ3) is 4.09. The molecular weight excluding hydrogens is 527 g/mol. The molecule has 1 unspecified atom stereocenters. The standard InChI is InChI=1S/C23H18Cl2N6O4S/c1-23(9-13-2-4-14(5-3-13)15-10-27-21(26)28-11-15)20(32)30(18-7-16(24)6-17(25)8-18)22-29-12-19(31(22)23)36(33,34)35/h2-8,10-12H,9H2,1H3,(H2,26,27,28)(H,33,34,35). The fraction of sp³-hybridized carbons (Fsp3) is 0.130. The molecule has 0 spiro atoms. The minimum Gasteiger partial charge on any atom is -0.368 e. The van der Waals surface area contributed by atoms with Crippen LogP contribution in [0.15, 0.2) is 66.1 Å². The van der Waals surface area contributed by atoms with E-state index in [2.05, 4.69) is 15.0 Å². The van der Waals surface area contributed by atoms with Gasteiger partial charge in [0.05, 0.1) is 11.9 Å². The minimum atomic E-state index is -4.69. The predicted molar refractivity (Wildman–Crippen MR) is 135 cm³/mol. The molecule has 0 saturated carbocycles. The molecule has 36 heavy (non-hydrogen) atoms. The van der Waals surface area contributed by atoms with Gasteiger partial charge in [-0.1, -0.05) is 47.5 Å². The number of carbonyl (C=O) groups excluding carboxylic acids is 1. The van der Waals surface area contributed by atoms with E-state index in [1.807, 2.05) is 24.3 Å². The number of hydrogen-bond donors (Lipinski definition) is 2. The molecule has 2 aromatic carbocycles. The van der Waals surface area contributed by atoms with E-state index in [9.17, 15) is 17.8 Å². The number of anilines is 3. The molecule has 3 N–H and O–H groups in total. The van der Waals surface area contributed by atoms with Gasteiger partial charge in [0.2, 0.25) is 11.9 Å². The van der Waals surface area contributed by atoms with Crippen molar-refractivity contribution in [3.8, 4) is 11.1 Å². The lowest BCUT2D eigenvalue weighted by Gasteiger charge is -2.26. The van der Waals surface area contributed by atoms with Gasteiger partial charge in [-0.25, -0.2) is 19.9 Å². The molecule has 1 aliphatic heterocycles. The normalized spacial score (nSPS) is 17.4. The van der Waals surface area contributed by atoms with E-state index in [-0.39, 0.29) is 28.4 Å². The fourth-order valence-corrected chi connectivity index (χ4v) is 5.53. The van der Waals surface area contributed by atoms with Crippen LogP contribution < -0.4 is 10.6 Å². The van der Waals surface area contributed by atoms with Gasteiger partial charge in [-0.2, -0.15) is 8.42 Å². The number of amides is 1. The lowest BCUT2D eigenvalue weighted by atomic mass is 9.91. The van der Waals surface area contributed by atoms with Crippen molar-refractivity contribution in [2.24, 2.45) is 0 Å². The molecule has 184 valence electrons. The maximum Gasteiger partial charge on any atom is 0.312 e. The second-order valence-corrected chi connectivity index (χ2v) is 10.7. The molecule has 10 nitrogen and oxygen atoms in total. The lowest BCUT2D eigenvalue weighted by Crippen LogP contribution is -2.41. The van der Waals surface area contributed by atoms with Gasteiger partial charge in [0.15, 0.2) is 5.03 Å². The van der Waals surface area contributed by atoms with Crippen LogP contribution in [-0.2, 0) is 26.9 Å². The highest BCUT2D eigenvalue weighted by Gasteiger charge is 2.51. The summed E-state index contributed by atoms with van der Waals surface area (Å²) in [5.74, 6) is -0.284. The van der Waals surface area contributed by atoms with Crippen molar-refractivity contribution < 1.29 is 17.8 Å². The van der Waals surface area contributed by atoms with Crippen LogP contribution in [0.25, 0.3) is 11.1 Å². The third-order valence-corrected chi connectivity index (χ3v) is 7.20. The molecule has 0 fully saturated rings. The summed E-state index contributed by atoms with van der Waals surface area (Å²) in [6.07, 6.45) is 4.31. The van der Waals surface area contributed by atoms with Crippen molar-refractivity contribution in [2.75, 3.05) is 10.6 Å². The topological polar surface area (TPSA) is 144 Å². The number of benzene rings is 2. The average molecular weight is 545 g/mol. The Morgan fingerprint density at radius 3 is 2.17 bits per heavy atom. The van der Waals surface area contributed by atoms with Crippen molar-refractivity contribution in [2.45, 2.75) is 23.9 Å². The second kappa shape index (κ2) is 8.56. The van der Waals surface area contributed by atoms with E-state index < -0.39 is 26.6 Å². The van der Waals surface area contributed by atoms with Crippen molar-refractivity contribution >= 4 is 56.8 Å². The molecule has 0 bridgehead atoms. The van der Waals surface area contributed by atoms with E-state index in [0.29, 0.717) is 5.69 Å². The first-order chi connectivity index (χ1) is 17.0. The first kappa shape index (κ1) is 24.2. The van der Waals surface area contributed by atoms with Crippen molar-refractivity contribution in [3.05, 3.63) is 76.7 Å². The van der Waals surface area contributed by atoms with Crippen LogP contribution in [0.2, 0.25) is 10.0 Å². The summed E-state index contributed by atoms with van der Waals surface area (Å²) in [4.78, 5) is 27.2. The van der Waals surface area contributed by atoms with Gasteiger partial charge in [0.25, 0.3) is 5.91 Å². The molecule has 0 radical (unpaired) electrons. The highest BCUT2D eigenvalue weighted by atomic mass is 35.5. The average Bonchev–Trinajstić information content (AvgIpc) is 3.33. The smallest absolute Gasteiger partial charge is 0.312 e. The Bertz CT molecular complexity index is 1590. The van der Waals surface area contributed by atoms with E-state index in [4.69, 9.17) is 28.9 Å². The zero-order valence-electron chi connectivity index (χ0n) is 18.6. The molecular formula is C23H18Cl2N6O4S. The summed E-state index contributed by atoms with van der Waals surface area (Å²) in [7, 11) is -4.69. The largest absolute Gasteiger partial charge is 0.368 e. The van der Waals surface area contributed by atoms with Gasteiger partial charge in [-0.3, -0.25) is 13.9 Å². The quantitative estimate of drug-likeness (QED) is 0.357. The summed E-state index contributed by atoms with van der Waals surface area (Å²) in [6.45, 7) is 1.59. The van der Waals surface area contributed by atoms with Gasteiger partial charge >= 0.3 is 10.1 Å². The molecule has 4 aromatic rings. The molecule has 3 heterocycles. The maximum absolute atomic E-state index is 13.8. The van der Waals surface area contributed by atoms with Crippen molar-refractivity contribution in [3.63, 3.8) is 0 Å². The Kier molecular flexibility index (Phi) is 5.75. The van der Waals surface area contributed by atoms with Crippen molar-refractivity contribution in [1.82, 2.24) is 19.5 Å². The highest BCUT2D eigenvalue weighted by Crippen LogP contribution is 2.44. The number of nitrogens with zero attached hydrogens (tertiary/aromatic N) is 5. The second-order valence-electron chi connectivity index (χ2n) is 8.45. The first-order valence-corrected chi connectivity index (χ1v) is 12.7. The van der Waals surface area contributed by atoms with E-state index in [0.717, 1.165) is 22.9 Å². The van der Waals surface area contributed by atoms with Gasteiger partial charge in [0.1, 0.15) is 5.54 Å². The Morgan fingerprint density at radius 1 is 0.972 bits per heavy atom. The Labute approximate surface area is 216 Å². The minimum absolute atomic E-state index is 0.0177. The first-order valence-electron chi connectivity index (χ1n) is 10.5. The molecule has 0 saturated heterocycles. The van der Waals surface area contributed by atoms with Crippen LogP contribution in [0.4, 0.5) is 17.6 Å². The number of imidazole rings is 1. The molecule has 1 atom stereocenters. The molecule has 13 heteroatoms. The van der Waals surface area contributed by atoms with E-state index in [1.165, 1.54) is 27.7 Å². The SMILES string of the molecule is CC1(Cc2ccc(-c3cnc(N)nc3)cc2)C(=O)N(c2cc(Cl)cc(Cl)c2)c2ncc(S(=O)(=O)O)n21. The Hall–Kier alpha value is -3.51. The van der Waals surface area contributed by atoms with Gasteiger partial charge < -0.3 is 5.73 Å². The summed E-state index contributed by atoms with van der Waals surface area (Å²) < 4.78 is 35.5. The van der Waals surface area contributed by atoms with Crippen LogP contribution in [0.1, 0.15) is 12.5 Å². The zero-order chi connectivity index (χ0) is 25.8. The predicted octanol–water partition coefficient (Wildman–Crippen LogP) is 4.11. The highest BCUT2D eigenvalue weighted by molar-refractivity contribution is 7.85. The fourth-order valence-electron chi connectivity index (χ4n) is 4.31. The summed E-state index contributed by atoms with van der Waals surface area (Å²) in [5.41, 5.74) is 6.74. The molecule has 0 aliphatic carbocycles. The van der Waals surface area contributed by atoms with Crippen molar-refractivity contribution in [1.29, 1.82) is 0 Å². The zero-order valence-corrected chi connectivity index (χ0v) is 21.0. The number of nitrogen functional groups attached to an aromatic ring is 1. The third-order valence-electron chi connectivity index (χ3n) is 5.95.